The Bertz CT molecular complexity index is 1370. The minimum Gasteiger partial charge on any atom is -0.457 e. The number of ether oxygens (including phenoxy) is 5. The van der Waals surface area contributed by atoms with Crippen LogP contribution in [0.15, 0.2) is 60.0 Å². The highest BCUT2D eigenvalue weighted by Gasteiger charge is 2.63. The number of halogens is 2. The predicted octanol–water partition coefficient (Wildman–Crippen LogP) is 3.45. The van der Waals surface area contributed by atoms with Crippen LogP contribution in [-0.2, 0) is 33.3 Å². The number of carbonyl (C=O) groups excluding carboxylic acids is 4. The van der Waals surface area contributed by atoms with E-state index in [1.54, 1.807) is 6.92 Å². The van der Waals surface area contributed by atoms with Crippen molar-refractivity contribution in [2.75, 3.05) is 37.0 Å². The molecule has 3 atom stereocenters. The SMILES string of the molecule is C=CCOC(=O)O[C@@H]1[C@@H](COC(=O)C(=O)CCCCNc2ccccc2)O[C@@H](n2ccc(NC(=O)OCC)nc2=O)C1(F)F. The van der Waals surface area contributed by atoms with E-state index in [0.29, 0.717) is 24.0 Å². The standard InChI is InChI=1S/C28H32F2N4O10/c1-3-16-41-27(39)44-22-20(17-42-23(36)19(35)12-8-9-14-31-18-10-6-5-7-11-18)43-24(28(22,29)30)34-15-13-21(32-25(34)37)33-26(38)40-4-2/h3,5-7,10-11,13,15,20,22,24,31H,1,4,8-9,12,14,16-17H2,2H3,(H,32,33,37,38)/t20-,22-,24-/m1/s1. The molecule has 0 spiro atoms. The Morgan fingerprint density at radius 2 is 1.86 bits per heavy atom. The number of hydrogen-bond donors (Lipinski definition) is 2. The topological polar surface area (TPSA) is 173 Å². The van der Waals surface area contributed by atoms with Gasteiger partial charge in [-0.25, -0.2) is 19.2 Å². The second-order valence-corrected chi connectivity index (χ2v) is 9.21. The van der Waals surface area contributed by atoms with E-state index < -0.39 is 60.7 Å². The maximum Gasteiger partial charge on any atom is 0.509 e. The molecule has 1 aromatic carbocycles. The number of alkyl halides is 2. The van der Waals surface area contributed by atoms with E-state index in [2.05, 4.69) is 31.7 Å². The molecule has 0 saturated carbocycles. The van der Waals surface area contributed by atoms with Gasteiger partial charge in [0.2, 0.25) is 18.1 Å². The van der Waals surface area contributed by atoms with Gasteiger partial charge in [0.25, 0.3) is 0 Å². The van der Waals surface area contributed by atoms with Crippen LogP contribution < -0.4 is 16.3 Å². The highest BCUT2D eigenvalue weighted by atomic mass is 19.3. The van der Waals surface area contributed by atoms with E-state index in [0.717, 1.165) is 18.0 Å². The summed E-state index contributed by atoms with van der Waals surface area (Å²) in [5.74, 6) is -6.55. The number of esters is 1. The zero-order valence-electron chi connectivity index (χ0n) is 23.7. The van der Waals surface area contributed by atoms with E-state index in [-0.39, 0.29) is 25.5 Å². The first kappa shape index (κ1) is 33.6. The molecule has 0 unspecified atom stereocenters. The van der Waals surface area contributed by atoms with Crippen molar-refractivity contribution in [1.29, 1.82) is 0 Å². The van der Waals surface area contributed by atoms with Crippen molar-refractivity contribution >= 4 is 35.5 Å². The summed E-state index contributed by atoms with van der Waals surface area (Å²) in [5, 5.41) is 5.32. The Balaban J connectivity index is 1.64. The lowest BCUT2D eigenvalue weighted by Gasteiger charge is -2.23. The van der Waals surface area contributed by atoms with Gasteiger partial charge in [0, 0.05) is 24.8 Å². The lowest BCUT2D eigenvalue weighted by molar-refractivity contribution is -0.158. The summed E-state index contributed by atoms with van der Waals surface area (Å²) in [6.45, 7) is 4.19. The average Bonchev–Trinajstić information content (AvgIpc) is 3.23. The first-order chi connectivity index (χ1) is 21.1. The molecule has 238 valence electrons. The summed E-state index contributed by atoms with van der Waals surface area (Å²) in [6, 6.07) is 10.4. The Kier molecular flexibility index (Phi) is 12.3. The normalized spacial score (nSPS) is 18.5. The summed E-state index contributed by atoms with van der Waals surface area (Å²) in [5.41, 5.74) is -0.357. The molecule has 44 heavy (non-hydrogen) atoms. The van der Waals surface area contributed by atoms with Gasteiger partial charge in [0.05, 0.1) is 6.61 Å². The van der Waals surface area contributed by atoms with Crippen molar-refractivity contribution in [2.45, 2.75) is 50.5 Å². The van der Waals surface area contributed by atoms with E-state index in [9.17, 15) is 24.0 Å². The fourth-order valence-electron chi connectivity index (χ4n) is 3.99. The van der Waals surface area contributed by atoms with Crippen molar-refractivity contribution < 1.29 is 51.6 Å². The highest BCUT2D eigenvalue weighted by molar-refractivity contribution is 6.33. The second-order valence-electron chi connectivity index (χ2n) is 9.21. The summed E-state index contributed by atoms with van der Waals surface area (Å²) in [6.07, 6.45) is -6.22. The van der Waals surface area contributed by atoms with Gasteiger partial charge in [-0.3, -0.25) is 14.7 Å². The molecule has 2 N–H and O–H groups in total. The molecule has 0 radical (unpaired) electrons. The number of anilines is 2. The molecule has 0 bridgehead atoms. The fourth-order valence-corrected chi connectivity index (χ4v) is 3.99. The van der Waals surface area contributed by atoms with Gasteiger partial charge in [-0.05, 0) is 38.0 Å². The predicted molar refractivity (Wildman–Crippen MR) is 149 cm³/mol. The average molecular weight is 623 g/mol. The molecule has 2 heterocycles. The molecule has 16 heteroatoms. The molecular formula is C28H32F2N4O10. The molecule has 14 nitrogen and oxygen atoms in total. The number of ketones is 1. The largest absolute Gasteiger partial charge is 0.509 e. The minimum absolute atomic E-state index is 0.0332. The monoisotopic (exact) mass is 622 g/mol. The summed E-state index contributed by atoms with van der Waals surface area (Å²) >= 11 is 0. The molecule has 0 aliphatic carbocycles. The highest BCUT2D eigenvalue weighted by Crippen LogP contribution is 2.44. The van der Waals surface area contributed by atoms with Crippen LogP contribution >= 0.6 is 0 Å². The van der Waals surface area contributed by atoms with Crippen LogP contribution in [0.3, 0.4) is 0 Å². The van der Waals surface area contributed by atoms with Gasteiger partial charge in [-0.2, -0.15) is 13.8 Å². The Morgan fingerprint density at radius 3 is 2.55 bits per heavy atom. The van der Waals surface area contributed by atoms with Crippen molar-refractivity contribution in [3.63, 3.8) is 0 Å². The number of Topliss-reactive ketones (excluding diaryl/α,β-unsaturated/α-hetero) is 1. The van der Waals surface area contributed by atoms with E-state index in [1.807, 2.05) is 30.3 Å². The number of nitrogens with one attached hydrogen (secondary N) is 2. The number of amides is 1. The third-order valence-corrected chi connectivity index (χ3v) is 6.02. The number of benzene rings is 1. The number of unbranched alkanes of at least 4 members (excludes halogenated alkanes) is 1. The second kappa shape index (κ2) is 16.1. The first-order valence-corrected chi connectivity index (χ1v) is 13.6. The smallest absolute Gasteiger partial charge is 0.457 e. The first-order valence-electron chi connectivity index (χ1n) is 13.6. The van der Waals surface area contributed by atoms with Crippen molar-refractivity contribution in [2.24, 2.45) is 0 Å². The van der Waals surface area contributed by atoms with Gasteiger partial charge in [0.1, 0.15) is 25.1 Å². The molecular weight excluding hydrogens is 590 g/mol. The minimum atomic E-state index is -4.08. The number of aromatic nitrogens is 2. The van der Waals surface area contributed by atoms with E-state index >= 15 is 8.78 Å². The molecule has 1 aromatic heterocycles. The van der Waals surface area contributed by atoms with Crippen molar-refractivity contribution in [3.8, 4) is 0 Å². The zero-order chi connectivity index (χ0) is 32.1. The van der Waals surface area contributed by atoms with Gasteiger partial charge in [-0.1, -0.05) is 30.9 Å². The van der Waals surface area contributed by atoms with Crippen molar-refractivity contribution in [3.05, 3.63) is 65.7 Å². The molecule has 1 fully saturated rings. The van der Waals surface area contributed by atoms with Gasteiger partial charge >= 0.3 is 29.8 Å². The van der Waals surface area contributed by atoms with E-state index in [1.165, 1.54) is 6.08 Å². The van der Waals surface area contributed by atoms with Gasteiger partial charge in [0.15, 0.2) is 0 Å². The maximum absolute atomic E-state index is 15.6. The Hall–Kier alpha value is -4.86. The number of nitrogens with zero attached hydrogens (tertiary/aromatic N) is 2. The molecule has 2 aromatic rings. The molecule has 1 amide bonds. The Morgan fingerprint density at radius 1 is 1.11 bits per heavy atom. The van der Waals surface area contributed by atoms with Crippen LogP contribution in [0.1, 0.15) is 32.4 Å². The molecule has 3 rings (SSSR count). The van der Waals surface area contributed by atoms with Crippen molar-refractivity contribution in [1.82, 2.24) is 9.55 Å². The number of hydrogen-bond acceptors (Lipinski definition) is 12. The molecule has 1 aliphatic heterocycles. The van der Waals surface area contributed by atoms with Crippen LogP contribution in [-0.4, -0.2) is 78.0 Å². The lowest BCUT2D eigenvalue weighted by Crippen LogP contribution is -2.45. The van der Waals surface area contributed by atoms with Gasteiger partial charge in [-0.15, -0.1) is 0 Å². The fraction of sp³-hybridized carbons (Fsp3) is 0.429. The van der Waals surface area contributed by atoms with E-state index in [4.69, 9.17) is 14.2 Å². The van der Waals surface area contributed by atoms with Gasteiger partial charge < -0.3 is 29.0 Å². The maximum atomic E-state index is 15.6. The van der Waals surface area contributed by atoms with Crippen LogP contribution in [0.5, 0.6) is 0 Å². The third kappa shape index (κ3) is 9.32. The van der Waals surface area contributed by atoms with Crippen LogP contribution in [0, 0.1) is 0 Å². The number of rotatable bonds is 15. The Labute approximate surface area is 250 Å². The lowest BCUT2D eigenvalue weighted by atomic mass is 10.1. The summed E-state index contributed by atoms with van der Waals surface area (Å²) in [7, 11) is 0. The molecule has 1 aliphatic rings. The number of para-hydroxylation sites is 1. The zero-order valence-corrected chi connectivity index (χ0v) is 23.7. The van der Waals surface area contributed by atoms with Crippen LogP contribution in [0.4, 0.5) is 29.9 Å². The number of carbonyl (C=O) groups is 4. The molecule has 1 saturated heterocycles. The van der Waals surface area contributed by atoms with Crippen LogP contribution in [0.25, 0.3) is 0 Å². The van der Waals surface area contributed by atoms with Crippen LogP contribution in [0.2, 0.25) is 0 Å². The summed E-state index contributed by atoms with van der Waals surface area (Å²) in [4.78, 5) is 64.3. The quantitative estimate of drug-likeness (QED) is 0.0975. The third-order valence-electron chi connectivity index (χ3n) is 6.02. The summed E-state index contributed by atoms with van der Waals surface area (Å²) < 4.78 is 55.8.